The molecule has 0 amide bonds. The molecule has 1 aromatic carbocycles. The maximum atomic E-state index is 13.3. The van der Waals surface area contributed by atoms with Crippen LogP contribution in [0.3, 0.4) is 0 Å². The molecule has 3 heterocycles. The Bertz CT molecular complexity index is 1200. The first-order valence-electron chi connectivity index (χ1n) is 9.16. The van der Waals surface area contributed by atoms with E-state index >= 15 is 0 Å². The largest absolute Gasteiger partial charge is 0.467 e. The topological polar surface area (TPSA) is 48.0 Å². The molecule has 28 heavy (non-hydrogen) atoms. The first-order chi connectivity index (χ1) is 13.4. The molecule has 6 heteroatoms. The Morgan fingerprint density at radius 2 is 1.96 bits per heavy atom. The lowest BCUT2D eigenvalue weighted by atomic mass is 10.1. The number of nitrogens with zero attached hydrogens (tertiary/aromatic N) is 2. The van der Waals surface area contributed by atoms with Crippen molar-refractivity contribution >= 4 is 33.3 Å². The van der Waals surface area contributed by atoms with Crippen LogP contribution < -0.4 is 5.56 Å². The van der Waals surface area contributed by atoms with E-state index < -0.39 is 0 Å². The molecule has 4 aromatic rings. The molecule has 0 unspecified atom stereocenters. The monoisotopic (exact) mass is 410 g/mol. The summed E-state index contributed by atoms with van der Waals surface area (Å²) in [6.07, 6.45) is 1.63. The highest BCUT2D eigenvalue weighted by Gasteiger charge is 2.18. The number of hydrogen-bond donors (Lipinski definition) is 0. The molecule has 0 saturated heterocycles. The van der Waals surface area contributed by atoms with Crippen molar-refractivity contribution in [3.63, 3.8) is 0 Å². The minimum Gasteiger partial charge on any atom is -0.467 e. The van der Waals surface area contributed by atoms with Gasteiger partial charge in [-0.2, -0.15) is 0 Å². The summed E-state index contributed by atoms with van der Waals surface area (Å²) >= 11 is 3.19. The molecule has 4 nitrogen and oxygen atoms in total. The predicted octanol–water partition coefficient (Wildman–Crippen LogP) is 5.63. The summed E-state index contributed by atoms with van der Waals surface area (Å²) in [7, 11) is 0. The van der Waals surface area contributed by atoms with Crippen molar-refractivity contribution in [2.24, 2.45) is 0 Å². The van der Waals surface area contributed by atoms with Crippen LogP contribution in [0.15, 0.2) is 51.0 Å². The van der Waals surface area contributed by atoms with Crippen LogP contribution in [-0.2, 0) is 12.3 Å². The van der Waals surface area contributed by atoms with Crippen LogP contribution in [0, 0.1) is 27.7 Å². The van der Waals surface area contributed by atoms with E-state index in [1.54, 1.807) is 33.9 Å². The van der Waals surface area contributed by atoms with Crippen molar-refractivity contribution in [3.8, 4) is 0 Å². The quantitative estimate of drug-likeness (QED) is 0.316. The third kappa shape index (κ3) is 3.54. The Balaban J connectivity index is 1.76. The number of fused-ring (bicyclic) bond motifs is 1. The lowest BCUT2D eigenvalue weighted by Gasteiger charge is -2.12. The maximum absolute atomic E-state index is 13.3. The fraction of sp³-hybridized carbons (Fsp3) is 0.273. The summed E-state index contributed by atoms with van der Waals surface area (Å²) in [4.78, 5) is 20.1. The van der Waals surface area contributed by atoms with Gasteiger partial charge in [0, 0.05) is 10.6 Å². The Labute approximate surface area is 172 Å². The Morgan fingerprint density at radius 3 is 2.68 bits per heavy atom. The van der Waals surface area contributed by atoms with Crippen LogP contribution in [0.25, 0.3) is 10.2 Å². The number of benzene rings is 1. The number of aryl methyl sites for hydroxylation is 4. The van der Waals surface area contributed by atoms with E-state index in [1.807, 2.05) is 26.0 Å². The van der Waals surface area contributed by atoms with Gasteiger partial charge in [-0.15, -0.1) is 11.3 Å². The second-order valence-electron chi connectivity index (χ2n) is 7.04. The van der Waals surface area contributed by atoms with Crippen molar-refractivity contribution in [1.82, 2.24) is 9.55 Å². The van der Waals surface area contributed by atoms with Crippen LogP contribution in [0.5, 0.6) is 0 Å². The Morgan fingerprint density at radius 1 is 1.14 bits per heavy atom. The molecule has 4 rings (SSSR count). The number of rotatable bonds is 5. The van der Waals surface area contributed by atoms with Gasteiger partial charge in [0.2, 0.25) is 0 Å². The maximum Gasteiger partial charge on any atom is 0.263 e. The van der Waals surface area contributed by atoms with Gasteiger partial charge in [0.25, 0.3) is 5.56 Å². The number of thiophene rings is 1. The fourth-order valence-electron chi connectivity index (χ4n) is 3.16. The third-order valence-corrected chi connectivity index (χ3v) is 7.24. The molecule has 0 aliphatic heterocycles. The predicted molar refractivity (Wildman–Crippen MR) is 117 cm³/mol. The van der Waals surface area contributed by atoms with Gasteiger partial charge in [-0.3, -0.25) is 9.36 Å². The van der Waals surface area contributed by atoms with Crippen LogP contribution in [-0.4, -0.2) is 9.55 Å². The molecule has 0 fully saturated rings. The highest BCUT2D eigenvalue weighted by molar-refractivity contribution is 7.98. The summed E-state index contributed by atoms with van der Waals surface area (Å²) in [5.41, 5.74) is 4.82. The van der Waals surface area contributed by atoms with Gasteiger partial charge in [-0.1, -0.05) is 30.0 Å². The number of furan rings is 1. The van der Waals surface area contributed by atoms with Crippen LogP contribution in [0.4, 0.5) is 0 Å². The molecule has 144 valence electrons. The Kier molecular flexibility index (Phi) is 5.17. The fourth-order valence-corrected chi connectivity index (χ4v) is 5.17. The van der Waals surface area contributed by atoms with Crippen molar-refractivity contribution in [2.45, 2.75) is 45.1 Å². The van der Waals surface area contributed by atoms with Gasteiger partial charge in [-0.05, 0) is 62.1 Å². The average molecular weight is 411 g/mol. The molecule has 0 spiro atoms. The molecule has 0 bridgehead atoms. The first-order valence-corrected chi connectivity index (χ1v) is 11.0. The molecule has 3 aromatic heterocycles. The lowest BCUT2D eigenvalue weighted by Crippen LogP contribution is -2.23. The Hall–Kier alpha value is -2.31. The van der Waals surface area contributed by atoms with Gasteiger partial charge >= 0.3 is 0 Å². The molecule has 0 saturated carbocycles. The van der Waals surface area contributed by atoms with Crippen molar-refractivity contribution in [3.05, 3.63) is 79.8 Å². The summed E-state index contributed by atoms with van der Waals surface area (Å²) in [5.74, 6) is 1.52. The lowest BCUT2D eigenvalue weighted by molar-refractivity contribution is 0.476. The summed E-state index contributed by atoms with van der Waals surface area (Å²) in [6, 6.07) is 10.2. The highest BCUT2D eigenvalue weighted by atomic mass is 32.2. The first kappa shape index (κ1) is 19.0. The second-order valence-corrected chi connectivity index (χ2v) is 9.18. The third-order valence-electron chi connectivity index (χ3n) is 5.09. The second kappa shape index (κ2) is 7.60. The molecule has 0 aliphatic carbocycles. The zero-order chi connectivity index (χ0) is 19.8. The van der Waals surface area contributed by atoms with Crippen LogP contribution in [0.2, 0.25) is 0 Å². The molecule has 0 radical (unpaired) electrons. The van der Waals surface area contributed by atoms with E-state index in [-0.39, 0.29) is 5.56 Å². The van der Waals surface area contributed by atoms with Gasteiger partial charge < -0.3 is 4.42 Å². The summed E-state index contributed by atoms with van der Waals surface area (Å²) in [6.45, 7) is 8.66. The van der Waals surface area contributed by atoms with E-state index in [0.29, 0.717) is 6.54 Å². The van der Waals surface area contributed by atoms with Crippen molar-refractivity contribution < 1.29 is 4.42 Å². The smallest absolute Gasteiger partial charge is 0.263 e. The van der Waals surface area contributed by atoms with Gasteiger partial charge in [-0.25, -0.2) is 4.98 Å². The molecule has 0 aliphatic rings. The van der Waals surface area contributed by atoms with E-state index in [1.165, 1.54) is 16.7 Å². The summed E-state index contributed by atoms with van der Waals surface area (Å²) in [5, 5.41) is 1.46. The number of aromatic nitrogens is 2. The SMILES string of the molecule is Cc1ccc(CSc2nc3sc(C)c(C)c3c(=O)n2Cc2ccco2)cc1C. The van der Waals surface area contributed by atoms with E-state index in [0.717, 1.165) is 37.3 Å². The molecule has 0 N–H and O–H groups in total. The average Bonchev–Trinajstić information content (AvgIpc) is 3.27. The zero-order valence-electron chi connectivity index (χ0n) is 16.4. The van der Waals surface area contributed by atoms with Gasteiger partial charge in [0.05, 0.1) is 18.2 Å². The van der Waals surface area contributed by atoms with Crippen LogP contribution in [0.1, 0.15) is 32.9 Å². The standard InChI is InChI=1S/C22H22N2O2S2/c1-13-7-8-17(10-14(13)2)12-27-22-23-20-19(15(3)16(4)28-20)21(25)24(22)11-18-6-5-9-26-18/h5-10H,11-12H2,1-4H3. The van der Waals surface area contributed by atoms with Gasteiger partial charge in [0.15, 0.2) is 5.16 Å². The van der Waals surface area contributed by atoms with Crippen LogP contribution >= 0.6 is 23.1 Å². The van der Waals surface area contributed by atoms with E-state index in [9.17, 15) is 4.79 Å². The number of hydrogen-bond acceptors (Lipinski definition) is 5. The van der Waals surface area contributed by atoms with E-state index in [2.05, 4.69) is 32.0 Å². The highest BCUT2D eigenvalue weighted by Crippen LogP contribution is 2.30. The zero-order valence-corrected chi connectivity index (χ0v) is 18.0. The minimum atomic E-state index is 0.00540. The van der Waals surface area contributed by atoms with Crippen molar-refractivity contribution in [1.29, 1.82) is 0 Å². The minimum absolute atomic E-state index is 0.00540. The van der Waals surface area contributed by atoms with Crippen molar-refractivity contribution in [2.75, 3.05) is 0 Å². The number of thioether (sulfide) groups is 1. The van der Waals surface area contributed by atoms with E-state index in [4.69, 9.17) is 9.40 Å². The molecular weight excluding hydrogens is 388 g/mol. The normalized spacial score (nSPS) is 11.4. The molecule has 0 atom stereocenters. The van der Waals surface area contributed by atoms with Gasteiger partial charge in [0.1, 0.15) is 10.6 Å². The summed E-state index contributed by atoms with van der Waals surface area (Å²) < 4.78 is 7.23. The molecular formula is C22H22N2O2S2.